The summed E-state index contributed by atoms with van der Waals surface area (Å²) in [5, 5.41) is 19.8. The van der Waals surface area contributed by atoms with Crippen LogP contribution in [0.5, 0.6) is 0 Å². The van der Waals surface area contributed by atoms with Crippen molar-refractivity contribution in [3.8, 4) is 0 Å². The van der Waals surface area contributed by atoms with Crippen molar-refractivity contribution in [1.29, 1.82) is 0 Å². The highest BCUT2D eigenvalue weighted by atomic mass is 32.2. The lowest BCUT2D eigenvalue weighted by Crippen LogP contribution is -2.32. The molecule has 0 radical (unpaired) electrons. The van der Waals surface area contributed by atoms with Gasteiger partial charge in [0.15, 0.2) is 27.3 Å². The largest absolute Gasteiger partial charge is 0.366 e. The van der Waals surface area contributed by atoms with Gasteiger partial charge in [-0.25, -0.2) is 14.6 Å². The van der Waals surface area contributed by atoms with Crippen LogP contribution >= 0.6 is 24.0 Å². The molecule has 2 aromatic carbocycles. The van der Waals surface area contributed by atoms with E-state index in [4.69, 9.17) is 22.2 Å². The number of nitrogens with one attached hydrogen (secondary N) is 3. The maximum absolute atomic E-state index is 5.38. The van der Waals surface area contributed by atoms with Gasteiger partial charge in [-0.15, -0.1) is 5.10 Å². The van der Waals surface area contributed by atoms with Crippen molar-refractivity contribution in [2.24, 2.45) is 0 Å². The zero-order chi connectivity index (χ0) is 23.6. The van der Waals surface area contributed by atoms with E-state index in [0.717, 1.165) is 35.1 Å². The van der Waals surface area contributed by atoms with Gasteiger partial charge in [0, 0.05) is 31.1 Å². The van der Waals surface area contributed by atoms with E-state index in [1.807, 2.05) is 53.2 Å². The number of thiocarbonyl (C=S) groups is 1. The van der Waals surface area contributed by atoms with Crippen LogP contribution in [0.2, 0.25) is 0 Å². The predicted octanol–water partition coefficient (Wildman–Crippen LogP) is 4.36. The average molecular weight is 493 g/mol. The van der Waals surface area contributed by atoms with Gasteiger partial charge >= 0.3 is 0 Å². The predicted molar refractivity (Wildman–Crippen MR) is 143 cm³/mol. The van der Waals surface area contributed by atoms with Crippen LogP contribution in [0.3, 0.4) is 0 Å². The summed E-state index contributed by atoms with van der Waals surface area (Å²) in [6.07, 6.45) is 1.91. The van der Waals surface area contributed by atoms with Crippen molar-refractivity contribution in [3.63, 3.8) is 0 Å². The number of nitrogens with zero attached hydrogens (tertiary/aromatic N) is 5. The number of para-hydroxylation sites is 1. The molecule has 0 aliphatic heterocycles. The Labute approximate surface area is 209 Å². The van der Waals surface area contributed by atoms with Crippen LogP contribution in [0, 0.1) is 0 Å². The number of anilines is 2. The van der Waals surface area contributed by atoms with E-state index in [1.54, 1.807) is 11.8 Å². The number of aryl methyl sites for hydroxylation is 2. The molecule has 0 aliphatic rings. The van der Waals surface area contributed by atoms with Gasteiger partial charge in [-0.3, -0.25) is 0 Å². The highest BCUT2D eigenvalue weighted by molar-refractivity contribution is 7.99. The topological polar surface area (TPSA) is 92.6 Å². The Morgan fingerprint density at radius 2 is 1.76 bits per heavy atom. The second-order valence-corrected chi connectivity index (χ2v) is 9.07. The van der Waals surface area contributed by atoms with Crippen LogP contribution in [0.4, 0.5) is 11.5 Å². The number of benzene rings is 2. The van der Waals surface area contributed by atoms with Crippen LogP contribution in [0.15, 0.2) is 65.8 Å². The Morgan fingerprint density at radius 3 is 2.53 bits per heavy atom. The Hall–Kier alpha value is -3.24. The average Bonchev–Trinajstić information content (AvgIpc) is 3.28. The maximum Gasteiger partial charge on any atom is 0.191 e. The molecule has 0 aliphatic carbocycles. The summed E-state index contributed by atoms with van der Waals surface area (Å²) in [5.41, 5.74) is 3.64. The smallest absolute Gasteiger partial charge is 0.191 e. The van der Waals surface area contributed by atoms with Crippen molar-refractivity contribution >= 4 is 51.8 Å². The lowest BCUT2D eigenvalue weighted by molar-refractivity contribution is 0.600. The van der Waals surface area contributed by atoms with Crippen LogP contribution in [0.25, 0.3) is 11.2 Å². The van der Waals surface area contributed by atoms with Crippen LogP contribution in [0.1, 0.15) is 18.9 Å². The van der Waals surface area contributed by atoms with E-state index < -0.39 is 0 Å². The normalized spacial score (nSPS) is 10.9. The third kappa shape index (κ3) is 6.64. The van der Waals surface area contributed by atoms with E-state index in [-0.39, 0.29) is 0 Å². The minimum Gasteiger partial charge on any atom is -0.366 e. The third-order valence-corrected chi connectivity index (χ3v) is 6.27. The Balaban J connectivity index is 1.40. The molecule has 2 aromatic heterocycles. The molecule has 0 bridgehead atoms. The first-order valence-electron chi connectivity index (χ1n) is 11.3. The van der Waals surface area contributed by atoms with E-state index in [2.05, 4.69) is 45.3 Å². The first kappa shape index (κ1) is 23.9. The molecule has 2 heterocycles. The number of aromatic nitrogens is 5. The molecular weight excluding hydrogens is 464 g/mol. The zero-order valence-corrected chi connectivity index (χ0v) is 20.7. The number of fused-ring (bicyclic) bond motifs is 1. The molecule has 0 amide bonds. The summed E-state index contributed by atoms with van der Waals surface area (Å²) >= 11 is 7.02. The molecule has 34 heavy (non-hydrogen) atoms. The molecular formula is C24H28N8S2. The molecule has 8 nitrogen and oxygen atoms in total. The molecule has 3 N–H and O–H groups in total. The summed E-state index contributed by atoms with van der Waals surface area (Å²) in [5.74, 6) is 1.65. The second kappa shape index (κ2) is 12.3. The van der Waals surface area contributed by atoms with Gasteiger partial charge < -0.3 is 16.0 Å². The monoisotopic (exact) mass is 492 g/mol. The number of hydrogen-bond acceptors (Lipinski definition) is 7. The van der Waals surface area contributed by atoms with Crippen molar-refractivity contribution in [2.45, 2.75) is 31.5 Å². The summed E-state index contributed by atoms with van der Waals surface area (Å²) < 4.78 is 1.86. The van der Waals surface area contributed by atoms with Crippen molar-refractivity contribution < 1.29 is 0 Å². The first-order valence-corrected chi connectivity index (χ1v) is 12.7. The van der Waals surface area contributed by atoms with Crippen molar-refractivity contribution in [3.05, 3.63) is 66.2 Å². The van der Waals surface area contributed by atoms with Crippen molar-refractivity contribution in [1.82, 2.24) is 30.3 Å². The summed E-state index contributed by atoms with van der Waals surface area (Å²) in [6.45, 7) is 4.10. The molecule has 0 spiro atoms. The van der Waals surface area contributed by atoms with Gasteiger partial charge in [-0.2, -0.15) is 0 Å². The first-order chi connectivity index (χ1) is 16.7. The van der Waals surface area contributed by atoms with Gasteiger partial charge in [-0.05, 0) is 42.8 Å². The minimum absolute atomic E-state index is 0.576. The van der Waals surface area contributed by atoms with E-state index in [1.165, 1.54) is 5.56 Å². The lowest BCUT2D eigenvalue weighted by atomic mass is 10.1. The molecule has 0 unspecified atom stereocenters. The highest BCUT2D eigenvalue weighted by Gasteiger charge is 2.15. The van der Waals surface area contributed by atoms with Crippen molar-refractivity contribution in [2.75, 3.05) is 29.5 Å². The highest BCUT2D eigenvalue weighted by Crippen LogP contribution is 2.23. The fourth-order valence-corrected chi connectivity index (χ4v) is 4.21. The molecule has 0 saturated heterocycles. The van der Waals surface area contributed by atoms with Gasteiger partial charge in [0.2, 0.25) is 0 Å². The van der Waals surface area contributed by atoms with E-state index >= 15 is 0 Å². The number of thioether (sulfide) groups is 1. The quantitative estimate of drug-likeness (QED) is 0.122. The Bertz CT molecular complexity index is 1200. The fraction of sp³-hybridized carbons (Fsp3) is 0.292. The standard InChI is InChI=1S/C24H28N8S2/c1-2-17-34-24-28-21(25-14-15-26-23(33)27-19-11-7-4-8-12-19)20-22(29-24)32(31-30-20)16-13-18-9-5-3-6-10-18/h3-12H,2,13-17H2,1H3,(H,25,28,29)(H2,26,27,33). The molecule has 10 heteroatoms. The number of rotatable bonds is 11. The zero-order valence-electron chi connectivity index (χ0n) is 19.1. The molecule has 4 aromatic rings. The van der Waals surface area contributed by atoms with E-state index in [9.17, 15) is 0 Å². The Kier molecular flexibility index (Phi) is 8.64. The molecule has 0 fully saturated rings. The van der Waals surface area contributed by atoms with Crippen LogP contribution < -0.4 is 16.0 Å². The molecule has 4 rings (SSSR count). The Morgan fingerprint density at radius 1 is 1.00 bits per heavy atom. The van der Waals surface area contributed by atoms with E-state index in [0.29, 0.717) is 36.1 Å². The van der Waals surface area contributed by atoms with Gasteiger partial charge in [0.25, 0.3) is 0 Å². The molecule has 0 saturated carbocycles. The van der Waals surface area contributed by atoms with Gasteiger partial charge in [0.05, 0.1) is 0 Å². The van der Waals surface area contributed by atoms with Gasteiger partial charge in [0.1, 0.15) is 0 Å². The summed E-state index contributed by atoms with van der Waals surface area (Å²) in [6, 6.07) is 20.2. The summed E-state index contributed by atoms with van der Waals surface area (Å²) in [4.78, 5) is 9.46. The minimum atomic E-state index is 0.576. The lowest BCUT2D eigenvalue weighted by Gasteiger charge is -2.12. The molecule has 0 atom stereocenters. The maximum atomic E-state index is 5.38. The fourth-order valence-electron chi connectivity index (χ4n) is 3.30. The second-order valence-electron chi connectivity index (χ2n) is 7.60. The van der Waals surface area contributed by atoms with Crippen LogP contribution in [-0.4, -0.2) is 48.9 Å². The molecule has 176 valence electrons. The third-order valence-electron chi connectivity index (χ3n) is 4.97. The van der Waals surface area contributed by atoms with Crippen LogP contribution in [-0.2, 0) is 13.0 Å². The summed E-state index contributed by atoms with van der Waals surface area (Å²) in [7, 11) is 0. The number of hydrogen-bond donors (Lipinski definition) is 3. The SMILES string of the molecule is CCCSc1nc(NCCNC(=S)Nc2ccccc2)c2nnn(CCc3ccccc3)c2n1. The van der Waals surface area contributed by atoms with Gasteiger partial charge in [-0.1, -0.05) is 72.4 Å².